The van der Waals surface area contributed by atoms with Gasteiger partial charge >= 0.3 is 0 Å². The Bertz CT molecular complexity index is 485. The Labute approximate surface area is 129 Å². The maximum Gasteiger partial charge on any atom is 0.279 e. The van der Waals surface area contributed by atoms with Gasteiger partial charge in [-0.2, -0.15) is 0 Å². The van der Waals surface area contributed by atoms with Crippen molar-refractivity contribution in [3.05, 3.63) is 30.1 Å². The molecule has 0 unspecified atom stereocenters. The summed E-state index contributed by atoms with van der Waals surface area (Å²) in [6.45, 7) is 4.33. The number of benzene rings is 1. The minimum atomic E-state index is -0.854. The Morgan fingerprint density at radius 2 is 2.10 bits per heavy atom. The second kappa shape index (κ2) is 9.12. The van der Waals surface area contributed by atoms with Crippen molar-refractivity contribution in [3.8, 4) is 5.75 Å². The molecule has 0 heterocycles. The van der Waals surface area contributed by atoms with Gasteiger partial charge in [0, 0.05) is 6.54 Å². The zero-order chi connectivity index (χ0) is 15.7. The van der Waals surface area contributed by atoms with E-state index < -0.39 is 17.8 Å². The molecule has 0 aromatic heterocycles. The van der Waals surface area contributed by atoms with E-state index in [1.807, 2.05) is 0 Å². The second-order valence-corrected chi connectivity index (χ2v) is 4.82. The number of carbonyl (C=O) groups is 1. The van der Waals surface area contributed by atoms with Gasteiger partial charge in [0.15, 0.2) is 22.8 Å². The van der Waals surface area contributed by atoms with Crippen molar-refractivity contribution in [1.29, 1.82) is 0 Å². The highest BCUT2D eigenvalue weighted by atomic mass is 32.1. The van der Waals surface area contributed by atoms with Crippen molar-refractivity contribution in [2.24, 2.45) is 0 Å². The summed E-state index contributed by atoms with van der Waals surface area (Å²) in [5.41, 5.74) is 4.98. The summed E-state index contributed by atoms with van der Waals surface area (Å²) < 4.78 is 18.6. The van der Waals surface area contributed by atoms with Crippen LogP contribution in [0, 0.1) is 5.82 Å². The summed E-state index contributed by atoms with van der Waals surface area (Å²) >= 11 is 4.99. The number of thiocarbonyl (C=S) groups is 1. The highest BCUT2D eigenvalue weighted by Gasteiger charge is 2.16. The molecule has 0 aliphatic carbocycles. The number of halogens is 1. The van der Waals surface area contributed by atoms with E-state index in [0.717, 1.165) is 19.4 Å². The van der Waals surface area contributed by atoms with Crippen molar-refractivity contribution < 1.29 is 13.9 Å². The molecular formula is C14H20FN3O2S. The van der Waals surface area contributed by atoms with E-state index in [-0.39, 0.29) is 5.75 Å². The Kier molecular flexibility index (Phi) is 7.45. The van der Waals surface area contributed by atoms with Crippen molar-refractivity contribution in [2.75, 3.05) is 6.54 Å². The lowest BCUT2D eigenvalue weighted by Crippen LogP contribution is -2.50. The number of unbranched alkanes of at least 4 members (excludes halogenated alkanes) is 1. The van der Waals surface area contributed by atoms with Crippen molar-refractivity contribution >= 4 is 23.2 Å². The predicted octanol–water partition coefficient (Wildman–Crippen LogP) is 1.89. The highest BCUT2D eigenvalue weighted by Crippen LogP contribution is 2.16. The molecular weight excluding hydrogens is 293 g/mol. The molecule has 7 heteroatoms. The van der Waals surface area contributed by atoms with E-state index in [2.05, 4.69) is 23.1 Å². The maximum atomic E-state index is 13.4. The molecule has 1 rings (SSSR count). The average Bonchev–Trinajstić information content (AvgIpc) is 2.47. The monoisotopic (exact) mass is 313 g/mol. The minimum Gasteiger partial charge on any atom is -0.478 e. The van der Waals surface area contributed by atoms with Gasteiger partial charge in [0.05, 0.1) is 0 Å². The molecule has 0 radical (unpaired) electrons. The number of hydrazine groups is 1. The fraction of sp³-hybridized carbons (Fsp3) is 0.429. The van der Waals surface area contributed by atoms with E-state index in [1.54, 1.807) is 12.1 Å². The Morgan fingerprint density at radius 1 is 1.38 bits per heavy atom. The first-order chi connectivity index (χ1) is 10.0. The van der Waals surface area contributed by atoms with Crippen LogP contribution in [-0.4, -0.2) is 23.7 Å². The van der Waals surface area contributed by atoms with Gasteiger partial charge in [-0.3, -0.25) is 15.6 Å². The number of amides is 1. The lowest BCUT2D eigenvalue weighted by atomic mass is 10.3. The van der Waals surface area contributed by atoms with Gasteiger partial charge in [-0.25, -0.2) is 4.39 Å². The van der Waals surface area contributed by atoms with Crippen LogP contribution in [-0.2, 0) is 4.79 Å². The Balaban J connectivity index is 2.34. The van der Waals surface area contributed by atoms with E-state index in [0.29, 0.717) is 5.11 Å². The van der Waals surface area contributed by atoms with Gasteiger partial charge in [-0.15, -0.1) is 0 Å². The first kappa shape index (κ1) is 17.2. The van der Waals surface area contributed by atoms with E-state index in [4.69, 9.17) is 17.0 Å². The van der Waals surface area contributed by atoms with E-state index in [1.165, 1.54) is 19.1 Å². The first-order valence-electron chi connectivity index (χ1n) is 6.79. The van der Waals surface area contributed by atoms with Crippen LogP contribution in [0.5, 0.6) is 5.75 Å². The molecule has 0 bridgehead atoms. The third kappa shape index (κ3) is 6.40. The summed E-state index contributed by atoms with van der Waals surface area (Å²) in [6.07, 6.45) is 1.19. The van der Waals surface area contributed by atoms with Crippen LogP contribution in [0.3, 0.4) is 0 Å². The van der Waals surface area contributed by atoms with Crippen molar-refractivity contribution in [1.82, 2.24) is 16.2 Å². The topological polar surface area (TPSA) is 62.4 Å². The number of para-hydroxylation sites is 1. The second-order valence-electron chi connectivity index (χ2n) is 4.41. The van der Waals surface area contributed by atoms with Gasteiger partial charge in [0.2, 0.25) is 0 Å². The van der Waals surface area contributed by atoms with Crippen molar-refractivity contribution in [3.63, 3.8) is 0 Å². The number of carbonyl (C=O) groups excluding carboxylic acids is 1. The fourth-order valence-electron chi connectivity index (χ4n) is 1.43. The zero-order valence-corrected chi connectivity index (χ0v) is 12.9. The van der Waals surface area contributed by atoms with Gasteiger partial charge < -0.3 is 10.1 Å². The third-order valence-electron chi connectivity index (χ3n) is 2.62. The molecule has 0 saturated carbocycles. The molecule has 0 saturated heterocycles. The fourth-order valence-corrected chi connectivity index (χ4v) is 1.58. The molecule has 0 fully saturated rings. The van der Waals surface area contributed by atoms with Gasteiger partial charge in [0.25, 0.3) is 5.91 Å². The number of hydrogen-bond acceptors (Lipinski definition) is 3. The SMILES string of the molecule is CCCCNC(=S)NNC(=O)[C@@H](C)Oc1ccccc1F. The largest absolute Gasteiger partial charge is 0.478 e. The quantitative estimate of drug-likeness (QED) is 0.425. The van der Waals surface area contributed by atoms with Gasteiger partial charge in [-0.05, 0) is 37.7 Å². The van der Waals surface area contributed by atoms with Crippen molar-refractivity contribution in [2.45, 2.75) is 32.8 Å². The standard InChI is InChI=1S/C14H20FN3O2S/c1-3-4-9-16-14(21)18-17-13(19)10(2)20-12-8-6-5-7-11(12)15/h5-8,10H,3-4,9H2,1-2H3,(H,17,19)(H2,16,18,21)/t10-/m1/s1. The molecule has 0 spiro atoms. The molecule has 0 aliphatic rings. The molecule has 116 valence electrons. The highest BCUT2D eigenvalue weighted by molar-refractivity contribution is 7.80. The minimum absolute atomic E-state index is 0.0313. The lowest BCUT2D eigenvalue weighted by Gasteiger charge is -2.16. The van der Waals surface area contributed by atoms with Gasteiger partial charge in [0.1, 0.15) is 0 Å². The van der Waals surface area contributed by atoms with Crippen LogP contribution in [0.25, 0.3) is 0 Å². The van der Waals surface area contributed by atoms with E-state index in [9.17, 15) is 9.18 Å². The molecule has 0 aliphatic heterocycles. The molecule has 3 N–H and O–H groups in total. The van der Waals surface area contributed by atoms with E-state index >= 15 is 0 Å². The molecule has 1 atom stereocenters. The molecule has 1 aromatic carbocycles. The normalized spacial score (nSPS) is 11.4. The smallest absolute Gasteiger partial charge is 0.279 e. The lowest BCUT2D eigenvalue weighted by molar-refractivity contribution is -0.127. The molecule has 5 nitrogen and oxygen atoms in total. The van der Waals surface area contributed by atoms with Crippen LogP contribution >= 0.6 is 12.2 Å². The van der Waals surface area contributed by atoms with Crippen LogP contribution < -0.4 is 20.9 Å². The Morgan fingerprint density at radius 3 is 2.76 bits per heavy atom. The maximum absolute atomic E-state index is 13.4. The van der Waals surface area contributed by atoms with Gasteiger partial charge in [-0.1, -0.05) is 25.5 Å². The average molecular weight is 313 g/mol. The summed E-state index contributed by atoms with van der Waals surface area (Å²) in [5.74, 6) is -0.927. The van der Waals surface area contributed by atoms with Crippen LogP contribution in [0.1, 0.15) is 26.7 Å². The summed E-state index contributed by atoms with van der Waals surface area (Å²) in [6, 6.07) is 5.91. The molecule has 1 amide bonds. The number of rotatable bonds is 6. The third-order valence-corrected chi connectivity index (χ3v) is 2.87. The van der Waals surface area contributed by atoms with Crippen LogP contribution in [0.4, 0.5) is 4.39 Å². The zero-order valence-electron chi connectivity index (χ0n) is 12.1. The van der Waals surface area contributed by atoms with Crippen LogP contribution in [0.2, 0.25) is 0 Å². The Hall–Kier alpha value is -1.89. The predicted molar refractivity (Wildman–Crippen MR) is 83.3 cm³/mol. The summed E-state index contributed by atoms with van der Waals surface area (Å²) in [4.78, 5) is 11.8. The number of hydrogen-bond donors (Lipinski definition) is 3. The number of ether oxygens (including phenoxy) is 1. The summed E-state index contributed by atoms with van der Waals surface area (Å²) in [7, 11) is 0. The van der Waals surface area contributed by atoms with Crippen LogP contribution in [0.15, 0.2) is 24.3 Å². The first-order valence-corrected chi connectivity index (χ1v) is 7.20. The number of nitrogens with one attached hydrogen (secondary N) is 3. The molecule has 1 aromatic rings. The summed E-state index contributed by atoms with van der Waals surface area (Å²) in [5, 5.41) is 3.27. The molecule has 21 heavy (non-hydrogen) atoms.